The van der Waals surface area contributed by atoms with Crippen molar-refractivity contribution in [3.63, 3.8) is 0 Å². The Labute approximate surface area is 155 Å². The number of carbonyl (C=O) groups excluding carboxylic acids is 1. The highest BCUT2D eigenvalue weighted by molar-refractivity contribution is 7.20. The molecule has 0 unspecified atom stereocenters. The number of aryl methyl sites for hydroxylation is 1. The molecule has 0 aliphatic rings. The van der Waals surface area contributed by atoms with E-state index in [1.165, 1.54) is 24.3 Å². The highest BCUT2D eigenvalue weighted by Crippen LogP contribution is 2.38. The van der Waals surface area contributed by atoms with Gasteiger partial charge in [0.05, 0.1) is 20.2 Å². The Morgan fingerprint density at radius 2 is 2.15 bits per heavy atom. The van der Waals surface area contributed by atoms with Crippen molar-refractivity contribution >= 4 is 44.7 Å². The van der Waals surface area contributed by atoms with E-state index >= 15 is 0 Å². The lowest BCUT2D eigenvalue weighted by molar-refractivity contribution is -0.384. The van der Waals surface area contributed by atoms with Crippen LogP contribution >= 0.6 is 22.9 Å². The fourth-order valence-corrected chi connectivity index (χ4v) is 3.24. The van der Waals surface area contributed by atoms with Crippen molar-refractivity contribution in [1.29, 1.82) is 0 Å². The predicted molar refractivity (Wildman–Crippen MR) is 95.3 cm³/mol. The first-order valence-electron chi connectivity index (χ1n) is 7.33. The van der Waals surface area contributed by atoms with Gasteiger partial charge in [-0.3, -0.25) is 14.9 Å². The molecule has 10 heteroatoms. The Morgan fingerprint density at radius 1 is 1.38 bits per heavy atom. The SMILES string of the molecule is NC(=O)CCc1ccc(Cl)c(Oc2nc3cc([N+](=O)[O-])ccc3s2)c1F. The van der Waals surface area contributed by atoms with Crippen LogP contribution in [0.2, 0.25) is 5.02 Å². The van der Waals surface area contributed by atoms with Gasteiger partial charge in [-0.2, -0.15) is 0 Å². The molecule has 0 saturated carbocycles. The molecule has 0 aliphatic heterocycles. The first kappa shape index (κ1) is 18.0. The lowest BCUT2D eigenvalue weighted by atomic mass is 10.1. The number of primary amides is 1. The summed E-state index contributed by atoms with van der Waals surface area (Å²) >= 11 is 7.11. The molecule has 3 aromatic rings. The highest BCUT2D eigenvalue weighted by Gasteiger charge is 2.18. The van der Waals surface area contributed by atoms with Crippen LogP contribution in [0.3, 0.4) is 0 Å². The maximum absolute atomic E-state index is 14.6. The van der Waals surface area contributed by atoms with Crippen molar-refractivity contribution in [2.45, 2.75) is 12.8 Å². The third-order valence-electron chi connectivity index (χ3n) is 3.52. The molecule has 1 aromatic heterocycles. The van der Waals surface area contributed by atoms with Crippen molar-refractivity contribution in [3.05, 3.63) is 56.8 Å². The third kappa shape index (κ3) is 3.73. The molecule has 134 valence electrons. The summed E-state index contributed by atoms with van der Waals surface area (Å²) < 4.78 is 20.8. The molecule has 26 heavy (non-hydrogen) atoms. The molecule has 2 aromatic carbocycles. The summed E-state index contributed by atoms with van der Waals surface area (Å²) in [6.07, 6.45) is 0.101. The number of nitro groups is 1. The number of amides is 1. The van der Waals surface area contributed by atoms with Crippen molar-refractivity contribution in [3.8, 4) is 10.9 Å². The van der Waals surface area contributed by atoms with Crippen molar-refractivity contribution in [1.82, 2.24) is 4.98 Å². The molecule has 3 rings (SSSR count). The normalized spacial score (nSPS) is 10.8. The quantitative estimate of drug-likeness (QED) is 0.496. The first-order valence-corrected chi connectivity index (χ1v) is 8.52. The summed E-state index contributed by atoms with van der Waals surface area (Å²) in [5, 5.41) is 11.0. The molecule has 0 atom stereocenters. The van der Waals surface area contributed by atoms with Crippen LogP contribution in [0.25, 0.3) is 10.2 Å². The first-order chi connectivity index (χ1) is 12.3. The average Bonchev–Trinajstić information content (AvgIpc) is 2.99. The van der Waals surface area contributed by atoms with Crippen LogP contribution in [0.1, 0.15) is 12.0 Å². The van der Waals surface area contributed by atoms with Crippen LogP contribution < -0.4 is 10.5 Å². The Balaban J connectivity index is 1.92. The van der Waals surface area contributed by atoms with Crippen molar-refractivity contribution < 1.29 is 18.8 Å². The number of carbonyl (C=O) groups is 1. The summed E-state index contributed by atoms with van der Waals surface area (Å²) in [7, 11) is 0. The number of nitro benzene ring substituents is 1. The number of ether oxygens (including phenoxy) is 1. The van der Waals surface area contributed by atoms with E-state index < -0.39 is 16.6 Å². The monoisotopic (exact) mass is 395 g/mol. The van der Waals surface area contributed by atoms with Gasteiger partial charge >= 0.3 is 0 Å². The van der Waals surface area contributed by atoms with Gasteiger partial charge in [-0.15, -0.1) is 0 Å². The number of benzene rings is 2. The number of thiazole rings is 1. The molecule has 1 amide bonds. The maximum Gasteiger partial charge on any atom is 0.279 e. The second-order valence-corrected chi connectivity index (χ2v) is 6.71. The van der Waals surface area contributed by atoms with E-state index in [4.69, 9.17) is 22.1 Å². The van der Waals surface area contributed by atoms with Crippen LogP contribution in [0.4, 0.5) is 10.1 Å². The van der Waals surface area contributed by atoms with E-state index in [0.29, 0.717) is 10.2 Å². The predicted octanol–water partition coefficient (Wildman–Crippen LogP) is 4.21. The minimum absolute atomic E-state index is 0.0111. The third-order valence-corrected chi connectivity index (χ3v) is 4.73. The Morgan fingerprint density at radius 3 is 2.85 bits per heavy atom. The number of nitrogens with two attached hydrogens (primary N) is 1. The van der Waals surface area contributed by atoms with Crippen LogP contribution in [0.15, 0.2) is 30.3 Å². The molecular formula is C16H11ClFN3O4S. The van der Waals surface area contributed by atoms with Gasteiger partial charge in [-0.1, -0.05) is 29.0 Å². The topological polar surface area (TPSA) is 108 Å². The van der Waals surface area contributed by atoms with Gasteiger partial charge in [-0.25, -0.2) is 9.37 Å². The second-order valence-electron chi connectivity index (χ2n) is 5.31. The number of rotatable bonds is 6. The summed E-state index contributed by atoms with van der Waals surface area (Å²) in [6, 6.07) is 7.10. The molecule has 0 saturated heterocycles. The summed E-state index contributed by atoms with van der Waals surface area (Å²) in [5.74, 6) is -1.47. The van der Waals surface area contributed by atoms with E-state index in [0.717, 1.165) is 11.3 Å². The van der Waals surface area contributed by atoms with Gasteiger partial charge in [0.1, 0.15) is 0 Å². The lowest BCUT2D eigenvalue weighted by Crippen LogP contribution is -2.11. The van der Waals surface area contributed by atoms with Gasteiger partial charge in [0.25, 0.3) is 10.9 Å². The van der Waals surface area contributed by atoms with Gasteiger partial charge in [-0.05, 0) is 24.1 Å². The summed E-state index contributed by atoms with van der Waals surface area (Å²) in [6.45, 7) is 0. The molecular weight excluding hydrogens is 385 g/mol. The minimum atomic E-state index is -0.705. The fourth-order valence-electron chi connectivity index (χ4n) is 2.26. The van der Waals surface area contributed by atoms with Crippen LogP contribution in [-0.4, -0.2) is 15.8 Å². The van der Waals surface area contributed by atoms with Gasteiger partial charge in [0, 0.05) is 18.6 Å². The summed E-state index contributed by atoms with van der Waals surface area (Å²) in [5.41, 5.74) is 5.58. The van der Waals surface area contributed by atoms with Crippen molar-refractivity contribution in [2.75, 3.05) is 0 Å². The number of fused-ring (bicyclic) bond motifs is 1. The molecule has 2 N–H and O–H groups in total. The second kappa shape index (κ2) is 7.22. The fraction of sp³-hybridized carbons (Fsp3) is 0.125. The smallest absolute Gasteiger partial charge is 0.279 e. The Hall–Kier alpha value is -2.78. The Kier molecular flexibility index (Phi) is 5.01. The number of non-ortho nitro benzene ring substituents is 1. The van der Waals surface area contributed by atoms with Gasteiger partial charge in [0.2, 0.25) is 5.91 Å². The van der Waals surface area contributed by atoms with Gasteiger partial charge < -0.3 is 10.5 Å². The molecule has 7 nitrogen and oxygen atoms in total. The number of aromatic nitrogens is 1. The molecule has 0 aliphatic carbocycles. The van der Waals surface area contributed by atoms with E-state index in [2.05, 4.69) is 4.98 Å². The molecule has 1 heterocycles. The zero-order valence-corrected chi connectivity index (χ0v) is 14.6. The number of hydrogen-bond donors (Lipinski definition) is 1. The van der Waals surface area contributed by atoms with E-state index in [-0.39, 0.29) is 40.1 Å². The zero-order chi connectivity index (χ0) is 18.8. The standard InChI is InChI=1S/C16H11ClFN3O4S/c17-10-4-1-8(2-6-13(19)22)14(18)15(10)25-16-20-11-7-9(21(23)24)3-5-12(11)26-16/h1,3-5,7H,2,6H2,(H2,19,22). The number of nitrogens with zero attached hydrogens (tertiary/aromatic N) is 2. The highest BCUT2D eigenvalue weighted by atomic mass is 35.5. The van der Waals surface area contributed by atoms with E-state index in [1.807, 2.05) is 0 Å². The lowest BCUT2D eigenvalue weighted by Gasteiger charge is -2.09. The van der Waals surface area contributed by atoms with E-state index in [1.54, 1.807) is 6.07 Å². The van der Waals surface area contributed by atoms with Crippen molar-refractivity contribution in [2.24, 2.45) is 5.73 Å². The minimum Gasteiger partial charge on any atom is -0.426 e. The molecule has 0 fully saturated rings. The summed E-state index contributed by atoms with van der Waals surface area (Å²) in [4.78, 5) is 25.3. The zero-order valence-electron chi connectivity index (χ0n) is 13.1. The number of hydrogen-bond acceptors (Lipinski definition) is 6. The van der Waals surface area contributed by atoms with E-state index in [9.17, 15) is 19.3 Å². The molecule has 0 radical (unpaired) electrons. The molecule has 0 spiro atoms. The van der Waals surface area contributed by atoms with Crippen LogP contribution in [-0.2, 0) is 11.2 Å². The molecule has 0 bridgehead atoms. The van der Waals surface area contributed by atoms with Gasteiger partial charge in [0.15, 0.2) is 11.6 Å². The maximum atomic E-state index is 14.6. The van der Waals surface area contributed by atoms with Crippen LogP contribution in [0.5, 0.6) is 10.9 Å². The van der Waals surface area contributed by atoms with Crippen LogP contribution in [0, 0.1) is 15.9 Å². The average molecular weight is 396 g/mol. The number of halogens is 2. The Bertz CT molecular complexity index is 1020. The largest absolute Gasteiger partial charge is 0.426 e.